The van der Waals surface area contributed by atoms with Crippen molar-refractivity contribution in [2.45, 2.75) is 39.5 Å². The van der Waals surface area contributed by atoms with Gasteiger partial charge < -0.3 is 19.8 Å². The Morgan fingerprint density at radius 1 is 1.03 bits per heavy atom. The topological polar surface area (TPSA) is 87.1 Å². The molecule has 1 atom stereocenters. The van der Waals surface area contributed by atoms with Crippen LogP contribution < -0.4 is 4.74 Å². The van der Waals surface area contributed by atoms with Gasteiger partial charge in [0, 0.05) is 12.1 Å². The fourth-order valence-corrected chi connectivity index (χ4v) is 4.17. The number of halogens is 1. The second-order valence-corrected chi connectivity index (χ2v) is 8.79. The molecule has 0 spiro atoms. The number of ketones is 1. The highest BCUT2D eigenvalue weighted by Crippen LogP contribution is 2.41. The normalized spacial score (nSPS) is 17.3. The summed E-state index contributed by atoms with van der Waals surface area (Å²) >= 11 is 0. The Morgan fingerprint density at radius 3 is 2.29 bits per heavy atom. The standard InChI is InChI=1S/C28H26FNO5/c1-16(2)35-23-13-8-20(14-17(23)3)26(32)24-25(19-6-11-22(31)12-7-19)30(28(34)27(24)33)15-18-4-9-21(29)10-5-18/h4-14,16,25,31-32H,15H2,1-3H3/b26-24-. The first kappa shape index (κ1) is 24.0. The average molecular weight is 476 g/mol. The van der Waals surface area contributed by atoms with E-state index in [1.165, 1.54) is 29.2 Å². The van der Waals surface area contributed by atoms with E-state index in [1.54, 1.807) is 42.5 Å². The van der Waals surface area contributed by atoms with E-state index in [4.69, 9.17) is 4.74 Å². The molecule has 180 valence electrons. The van der Waals surface area contributed by atoms with Crippen LogP contribution in [0.25, 0.3) is 5.76 Å². The van der Waals surface area contributed by atoms with E-state index >= 15 is 0 Å². The summed E-state index contributed by atoms with van der Waals surface area (Å²) < 4.78 is 19.2. The highest BCUT2D eigenvalue weighted by molar-refractivity contribution is 6.46. The summed E-state index contributed by atoms with van der Waals surface area (Å²) in [4.78, 5) is 27.6. The van der Waals surface area contributed by atoms with Crippen molar-refractivity contribution in [2.24, 2.45) is 0 Å². The van der Waals surface area contributed by atoms with Gasteiger partial charge in [0.1, 0.15) is 23.1 Å². The number of phenols is 1. The summed E-state index contributed by atoms with van der Waals surface area (Å²) in [6.07, 6.45) is -0.0283. The fraction of sp³-hybridized carbons (Fsp3) is 0.214. The predicted molar refractivity (Wildman–Crippen MR) is 129 cm³/mol. The lowest BCUT2D eigenvalue weighted by Crippen LogP contribution is -2.29. The van der Waals surface area contributed by atoms with Crippen LogP contribution in [0.3, 0.4) is 0 Å². The van der Waals surface area contributed by atoms with Crippen LogP contribution in [0.1, 0.15) is 42.1 Å². The number of Topliss-reactive ketones (excluding diaryl/α,β-unsaturated/α-hetero) is 1. The lowest BCUT2D eigenvalue weighted by molar-refractivity contribution is -0.140. The van der Waals surface area contributed by atoms with Crippen LogP contribution in [0.5, 0.6) is 11.5 Å². The van der Waals surface area contributed by atoms with Gasteiger partial charge in [0.15, 0.2) is 0 Å². The Morgan fingerprint density at radius 2 is 1.69 bits per heavy atom. The number of hydrogen-bond donors (Lipinski definition) is 2. The van der Waals surface area contributed by atoms with E-state index in [-0.39, 0.29) is 29.7 Å². The molecule has 0 saturated carbocycles. The second kappa shape index (κ2) is 9.62. The van der Waals surface area contributed by atoms with E-state index in [0.717, 1.165) is 5.56 Å². The van der Waals surface area contributed by atoms with Gasteiger partial charge in [-0.1, -0.05) is 24.3 Å². The molecule has 1 aliphatic rings. The van der Waals surface area contributed by atoms with E-state index in [1.807, 2.05) is 20.8 Å². The number of ether oxygens (including phenoxy) is 1. The number of hydrogen-bond acceptors (Lipinski definition) is 5. The molecule has 1 amide bonds. The Balaban J connectivity index is 1.82. The Bertz CT molecular complexity index is 1300. The molecule has 0 bridgehead atoms. The van der Waals surface area contributed by atoms with Gasteiger partial charge in [-0.25, -0.2) is 4.39 Å². The van der Waals surface area contributed by atoms with Crippen LogP contribution >= 0.6 is 0 Å². The number of benzene rings is 3. The third kappa shape index (κ3) is 4.89. The summed E-state index contributed by atoms with van der Waals surface area (Å²) in [5.41, 5.74) is 2.26. The zero-order valence-electron chi connectivity index (χ0n) is 19.7. The predicted octanol–water partition coefficient (Wildman–Crippen LogP) is 5.25. The summed E-state index contributed by atoms with van der Waals surface area (Å²) in [6.45, 7) is 5.69. The van der Waals surface area contributed by atoms with E-state index in [9.17, 15) is 24.2 Å². The summed E-state index contributed by atoms with van der Waals surface area (Å²) in [6, 6.07) is 15.9. The minimum absolute atomic E-state index is 0.0283. The van der Waals surface area contributed by atoms with Crippen LogP contribution in [-0.2, 0) is 16.1 Å². The molecule has 7 heteroatoms. The first-order valence-corrected chi connectivity index (χ1v) is 11.2. The zero-order valence-corrected chi connectivity index (χ0v) is 19.7. The third-order valence-electron chi connectivity index (χ3n) is 5.83. The van der Waals surface area contributed by atoms with Crippen LogP contribution in [0.4, 0.5) is 4.39 Å². The highest BCUT2D eigenvalue weighted by atomic mass is 19.1. The third-order valence-corrected chi connectivity index (χ3v) is 5.83. The summed E-state index contributed by atoms with van der Waals surface area (Å²) in [5, 5.41) is 21.0. The summed E-state index contributed by atoms with van der Waals surface area (Å²) in [7, 11) is 0. The van der Waals surface area contributed by atoms with E-state index in [2.05, 4.69) is 0 Å². The Kier molecular flexibility index (Phi) is 6.60. The van der Waals surface area contributed by atoms with Crippen molar-refractivity contribution >= 4 is 17.4 Å². The minimum Gasteiger partial charge on any atom is -0.508 e. The second-order valence-electron chi connectivity index (χ2n) is 8.79. The molecular formula is C28H26FNO5. The van der Waals surface area contributed by atoms with Crippen molar-refractivity contribution in [2.75, 3.05) is 0 Å². The van der Waals surface area contributed by atoms with Crippen molar-refractivity contribution in [3.05, 3.63) is 100 Å². The molecule has 1 aliphatic heterocycles. The smallest absolute Gasteiger partial charge is 0.295 e. The molecule has 1 unspecified atom stereocenters. The maximum atomic E-state index is 13.4. The lowest BCUT2D eigenvalue weighted by Gasteiger charge is -2.25. The van der Waals surface area contributed by atoms with Crippen molar-refractivity contribution in [1.29, 1.82) is 0 Å². The molecule has 1 heterocycles. The number of phenolic OH excluding ortho intramolecular Hbond substituents is 1. The monoisotopic (exact) mass is 475 g/mol. The molecule has 35 heavy (non-hydrogen) atoms. The number of rotatable bonds is 6. The van der Waals surface area contributed by atoms with Crippen molar-refractivity contribution in [1.82, 2.24) is 4.90 Å². The Labute approximate surface area is 202 Å². The molecule has 0 radical (unpaired) electrons. The van der Waals surface area contributed by atoms with E-state index in [0.29, 0.717) is 22.4 Å². The number of aliphatic hydroxyl groups excluding tert-OH is 1. The molecule has 1 saturated heterocycles. The average Bonchev–Trinajstić information content (AvgIpc) is 3.06. The van der Waals surface area contributed by atoms with Crippen LogP contribution in [0.2, 0.25) is 0 Å². The Hall–Kier alpha value is -4.13. The number of aliphatic hydroxyl groups is 1. The molecule has 4 rings (SSSR count). The summed E-state index contributed by atoms with van der Waals surface area (Å²) in [5.74, 6) is -1.62. The van der Waals surface area contributed by atoms with Gasteiger partial charge in [-0.05, 0) is 79.9 Å². The molecule has 1 fully saturated rings. The lowest BCUT2D eigenvalue weighted by atomic mass is 9.94. The molecule has 0 aromatic heterocycles. The van der Waals surface area contributed by atoms with Crippen molar-refractivity contribution in [3.8, 4) is 11.5 Å². The fourth-order valence-electron chi connectivity index (χ4n) is 4.17. The minimum atomic E-state index is -0.896. The maximum absolute atomic E-state index is 13.4. The number of aromatic hydroxyl groups is 1. The van der Waals surface area contributed by atoms with Crippen LogP contribution in [-0.4, -0.2) is 32.9 Å². The van der Waals surface area contributed by atoms with Gasteiger partial charge in [-0.2, -0.15) is 0 Å². The quantitative estimate of drug-likeness (QED) is 0.289. The maximum Gasteiger partial charge on any atom is 0.295 e. The van der Waals surface area contributed by atoms with Crippen molar-refractivity contribution < 1.29 is 28.9 Å². The van der Waals surface area contributed by atoms with Crippen molar-refractivity contribution in [3.63, 3.8) is 0 Å². The van der Waals surface area contributed by atoms with E-state index < -0.39 is 23.5 Å². The van der Waals surface area contributed by atoms with Gasteiger partial charge in [-0.3, -0.25) is 9.59 Å². The molecule has 3 aromatic rings. The molecule has 3 aromatic carbocycles. The van der Waals surface area contributed by atoms with Gasteiger partial charge in [0.25, 0.3) is 11.7 Å². The molecule has 6 nitrogen and oxygen atoms in total. The number of amides is 1. The van der Waals surface area contributed by atoms with Crippen LogP contribution in [0.15, 0.2) is 72.3 Å². The number of nitrogens with zero attached hydrogens (tertiary/aromatic N) is 1. The SMILES string of the molecule is Cc1cc(/C(O)=C2/C(=O)C(=O)N(Cc3ccc(F)cc3)C2c2ccc(O)cc2)ccc1OC(C)C. The number of carbonyl (C=O) groups is 2. The van der Waals surface area contributed by atoms with Gasteiger partial charge >= 0.3 is 0 Å². The van der Waals surface area contributed by atoms with Gasteiger partial charge in [-0.15, -0.1) is 0 Å². The zero-order chi connectivity index (χ0) is 25.3. The molecule has 2 N–H and O–H groups in total. The first-order chi connectivity index (χ1) is 16.7. The van der Waals surface area contributed by atoms with Crippen LogP contribution in [0, 0.1) is 12.7 Å². The highest BCUT2D eigenvalue weighted by Gasteiger charge is 2.46. The number of carbonyl (C=O) groups excluding carboxylic acids is 2. The molecular weight excluding hydrogens is 449 g/mol. The number of likely N-dealkylation sites (tertiary alicyclic amines) is 1. The van der Waals surface area contributed by atoms with Gasteiger partial charge in [0.2, 0.25) is 0 Å². The largest absolute Gasteiger partial charge is 0.508 e. The van der Waals surface area contributed by atoms with Gasteiger partial charge in [0.05, 0.1) is 17.7 Å². The first-order valence-electron chi connectivity index (χ1n) is 11.2. The number of aryl methyl sites for hydroxylation is 1. The molecule has 0 aliphatic carbocycles.